The third-order valence-corrected chi connectivity index (χ3v) is 4.41. The van der Waals surface area contributed by atoms with Crippen LogP contribution in [0.1, 0.15) is 17.7 Å². The average molecular weight is 310 g/mol. The van der Waals surface area contributed by atoms with Gasteiger partial charge in [0.25, 0.3) is 0 Å². The molecule has 1 N–H and O–H groups in total. The molecule has 2 aromatic carbocycles. The fraction of sp³-hybridized carbons (Fsp3) is 0.222. The molecule has 0 saturated carbocycles. The molecule has 2 aromatic rings. The molecule has 22 heavy (non-hydrogen) atoms. The van der Waals surface area contributed by atoms with Gasteiger partial charge in [0.05, 0.1) is 12.0 Å². The van der Waals surface area contributed by atoms with Crippen molar-refractivity contribution in [1.29, 1.82) is 5.26 Å². The van der Waals surface area contributed by atoms with Crippen molar-refractivity contribution < 1.29 is 4.79 Å². The van der Waals surface area contributed by atoms with E-state index in [1.165, 1.54) is 11.8 Å². The predicted molar refractivity (Wildman–Crippen MR) is 89.3 cm³/mol. The highest BCUT2D eigenvalue weighted by Gasteiger charge is 2.22. The van der Waals surface area contributed by atoms with Crippen molar-refractivity contribution in [2.45, 2.75) is 17.1 Å². The van der Waals surface area contributed by atoms with Crippen LogP contribution in [0.4, 0.5) is 0 Å². The van der Waals surface area contributed by atoms with Gasteiger partial charge >= 0.3 is 0 Å². The van der Waals surface area contributed by atoms with E-state index in [0.717, 1.165) is 10.5 Å². The van der Waals surface area contributed by atoms with E-state index in [1.54, 1.807) is 6.92 Å². The van der Waals surface area contributed by atoms with E-state index in [9.17, 15) is 4.79 Å². The second-order valence-electron chi connectivity index (χ2n) is 5.00. The van der Waals surface area contributed by atoms with Crippen molar-refractivity contribution in [3.05, 3.63) is 66.2 Å². The Morgan fingerprint density at radius 2 is 1.73 bits per heavy atom. The Morgan fingerprint density at radius 3 is 2.32 bits per heavy atom. The lowest BCUT2D eigenvalue weighted by atomic mass is 10.1. The van der Waals surface area contributed by atoms with Crippen LogP contribution in [0.3, 0.4) is 0 Å². The maximum absolute atomic E-state index is 12.5. The number of benzene rings is 2. The lowest BCUT2D eigenvalue weighted by Crippen LogP contribution is -2.31. The zero-order valence-electron chi connectivity index (χ0n) is 12.4. The number of nitriles is 1. The summed E-state index contributed by atoms with van der Waals surface area (Å²) in [6.45, 7) is 2.16. The molecule has 112 valence electrons. The lowest BCUT2D eigenvalue weighted by Gasteiger charge is -2.17. The summed E-state index contributed by atoms with van der Waals surface area (Å²) in [6, 6.07) is 21.7. The van der Waals surface area contributed by atoms with Crippen molar-refractivity contribution in [3.63, 3.8) is 0 Å². The predicted octanol–water partition coefficient (Wildman–Crippen LogP) is 3.80. The Labute approximate surface area is 135 Å². The number of hydrogen-bond donors (Lipinski definition) is 1. The second kappa shape index (κ2) is 8.26. The normalized spacial score (nSPS) is 12.9. The minimum atomic E-state index is -0.325. The van der Waals surface area contributed by atoms with Crippen molar-refractivity contribution in [3.8, 4) is 6.07 Å². The number of amides is 1. The number of nitrogens with one attached hydrogen (secondary N) is 1. The van der Waals surface area contributed by atoms with Crippen LogP contribution < -0.4 is 5.32 Å². The van der Waals surface area contributed by atoms with Crippen molar-refractivity contribution in [1.82, 2.24) is 5.32 Å². The second-order valence-corrected chi connectivity index (χ2v) is 6.18. The van der Waals surface area contributed by atoms with Gasteiger partial charge in [0, 0.05) is 11.4 Å². The topological polar surface area (TPSA) is 52.9 Å². The number of carbonyl (C=O) groups is 1. The van der Waals surface area contributed by atoms with Crippen molar-refractivity contribution in [2.75, 3.05) is 6.54 Å². The fourth-order valence-corrected chi connectivity index (χ4v) is 3.00. The van der Waals surface area contributed by atoms with Crippen molar-refractivity contribution in [2.24, 2.45) is 5.92 Å². The van der Waals surface area contributed by atoms with Crippen molar-refractivity contribution >= 4 is 17.7 Å². The highest BCUT2D eigenvalue weighted by Crippen LogP contribution is 2.35. The molecule has 4 heteroatoms. The molecule has 2 atom stereocenters. The van der Waals surface area contributed by atoms with Gasteiger partial charge in [0.1, 0.15) is 5.25 Å². The van der Waals surface area contributed by atoms with Gasteiger partial charge in [-0.05, 0) is 24.6 Å². The zero-order valence-corrected chi connectivity index (χ0v) is 13.2. The van der Waals surface area contributed by atoms with Gasteiger partial charge in [-0.1, -0.05) is 48.5 Å². The molecule has 0 aliphatic rings. The highest BCUT2D eigenvalue weighted by atomic mass is 32.2. The van der Waals surface area contributed by atoms with Crippen LogP contribution >= 0.6 is 11.8 Å². The SMILES string of the molecule is CC(C#N)CNC(=O)C(Sc1ccccc1)c1ccccc1. The highest BCUT2D eigenvalue weighted by molar-refractivity contribution is 8.00. The molecule has 2 rings (SSSR count). The molecular weight excluding hydrogens is 292 g/mol. The summed E-state index contributed by atoms with van der Waals surface area (Å²) >= 11 is 1.51. The van der Waals surface area contributed by atoms with Crippen LogP contribution in [0.2, 0.25) is 0 Å². The van der Waals surface area contributed by atoms with Gasteiger partial charge in [0.2, 0.25) is 5.91 Å². The molecule has 0 spiro atoms. The summed E-state index contributed by atoms with van der Waals surface area (Å²) in [6.07, 6.45) is 0. The van der Waals surface area contributed by atoms with Crippen LogP contribution in [0.25, 0.3) is 0 Å². The number of carbonyl (C=O) groups excluding carboxylic acids is 1. The minimum Gasteiger partial charge on any atom is -0.354 e. The molecule has 1 amide bonds. The minimum absolute atomic E-state index is 0.0675. The first-order valence-electron chi connectivity index (χ1n) is 7.14. The molecule has 0 saturated heterocycles. The Morgan fingerprint density at radius 1 is 1.14 bits per heavy atom. The van der Waals surface area contributed by atoms with Crippen LogP contribution in [0, 0.1) is 17.2 Å². The average Bonchev–Trinajstić information content (AvgIpc) is 2.59. The Balaban J connectivity index is 2.15. The molecule has 0 aliphatic carbocycles. The summed E-state index contributed by atoms with van der Waals surface area (Å²) in [5.74, 6) is -0.260. The summed E-state index contributed by atoms with van der Waals surface area (Å²) < 4.78 is 0. The number of thioether (sulfide) groups is 1. The Kier molecular flexibility index (Phi) is 6.05. The van der Waals surface area contributed by atoms with E-state index < -0.39 is 0 Å². The van der Waals surface area contributed by atoms with Gasteiger partial charge < -0.3 is 5.32 Å². The monoisotopic (exact) mass is 310 g/mol. The van der Waals surface area contributed by atoms with Crippen LogP contribution in [0.5, 0.6) is 0 Å². The fourth-order valence-electron chi connectivity index (χ4n) is 1.93. The molecule has 0 aliphatic heterocycles. The maximum atomic E-state index is 12.5. The number of rotatable bonds is 6. The first kappa shape index (κ1) is 16.1. The smallest absolute Gasteiger partial charge is 0.238 e. The van der Waals surface area contributed by atoms with E-state index in [1.807, 2.05) is 60.7 Å². The number of hydrogen-bond acceptors (Lipinski definition) is 3. The van der Waals surface area contributed by atoms with E-state index in [4.69, 9.17) is 5.26 Å². The van der Waals surface area contributed by atoms with Gasteiger partial charge in [-0.25, -0.2) is 0 Å². The summed E-state index contributed by atoms with van der Waals surface area (Å²) in [7, 11) is 0. The van der Waals surface area contributed by atoms with E-state index in [-0.39, 0.29) is 17.1 Å². The van der Waals surface area contributed by atoms with Gasteiger partial charge in [0.15, 0.2) is 0 Å². The molecule has 0 heterocycles. The molecule has 0 aromatic heterocycles. The molecule has 0 fully saturated rings. The lowest BCUT2D eigenvalue weighted by molar-refractivity contribution is -0.120. The first-order valence-corrected chi connectivity index (χ1v) is 8.02. The molecular formula is C18H18N2OS. The van der Waals surface area contributed by atoms with Gasteiger partial charge in [-0.2, -0.15) is 5.26 Å². The summed E-state index contributed by atoms with van der Waals surface area (Å²) in [5, 5.41) is 11.4. The first-order chi connectivity index (χ1) is 10.7. The number of nitrogens with zero attached hydrogens (tertiary/aromatic N) is 1. The zero-order chi connectivity index (χ0) is 15.8. The standard InChI is InChI=1S/C18H18N2OS/c1-14(12-19)13-20-18(21)17(15-8-4-2-5-9-15)22-16-10-6-3-7-11-16/h2-11,14,17H,13H2,1H3,(H,20,21). The molecule has 0 radical (unpaired) electrons. The summed E-state index contributed by atoms with van der Waals surface area (Å²) in [4.78, 5) is 13.6. The van der Waals surface area contributed by atoms with E-state index in [0.29, 0.717) is 6.54 Å². The van der Waals surface area contributed by atoms with E-state index in [2.05, 4.69) is 11.4 Å². The summed E-state index contributed by atoms with van der Waals surface area (Å²) in [5.41, 5.74) is 0.957. The van der Waals surface area contributed by atoms with Crippen LogP contribution in [0.15, 0.2) is 65.6 Å². The van der Waals surface area contributed by atoms with Gasteiger partial charge in [-0.3, -0.25) is 4.79 Å². The molecule has 0 bridgehead atoms. The maximum Gasteiger partial charge on any atom is 0.238 e. The third kappa shape index (κ3) is 4.64. The Bertz CT molecular complexity index is 637. The quantitative estimate of drug-likeness (QED) is 0.826. The largest absolute Gasteiger partial charge is 0.354 e. The van der Waals surface area contributed by atoms with E-state index >= 15 is 0 Å². The van der Waals surface area contributed by atoms with Crippen LogP contribution in [-0.4, -0.2) is 12.5 Å². The molecule has 3 nitrogen and oxygen atoms in total. The Hall–Kier alpha value is -2.25. The molecule has 2 unspecified atom stereocenters. The van der Waals surface area contributed by atoms with Crippen LogP contribution in [-0.2, 0) is 4.79 Å². The van der Waals surface area contributed by atoms with Gasteiger partial charge in [-0.15, -0.1) is 11.8 Å². The third-order valence-electron chi connectivity index (χ3n) is 3.14.